The Bertz CT molecular complexity index is 627. The molecular weight excluding hydrogens is 312 g/mol. The van der Waals surface area contributed by atoms with Gasteiger partial charge in [-0.05, 0) is 17.0 Å². The molecule has 1 aromatic carbocycles. The summed E-state index contributed by atoms with van der Waals surface area (Å²) in [5, 5.41) is 4.69. The summed E-state index contributed by atoms with van der Waals surface area (Å²) < 4.78 is 5.23. The lowest BCUT2D eigenvalue weighted by molar-refractivity contribution is -0.129. The molecule has 0 aliphatic carbocycles. The van der Waals surface area contributed by atoms with Crippen LogP contribution in [0.1, 0.15) is 22.9 Å². The number of ether oxygens (including phenoxy) is 1. The van der Waals surface area contributed by atoms with Crippen molar-refractivity contribution in [1.29, 1.82) is 0 Å². The number of nitrogens with zero attached hydrogens (tertiary/aromatic N) is 1. The predicted octanol–water partition coefficient (Wildman–Crippen LogP) is 3.19. The van der Waals surface area contributed by atoms with Crippen molar-refractivity contribution < 1.29 is 14.3 Å². The Morgan fingerprint density at radius 2 is 1.91 bits per heavy atom. The van der Waals surface area contributed by atoms with Gasteiger partial charge in [0.05, 0.1) is 12.5 Å². The van der Waals surface area contributed by atoms with Gasteiger partial charge in [0.15, 0.2) is 0 Å². The van der Waals surface area contributed by atoms with Gasteiger partial charge in [-0.1, -0.05) is 36.4 Å². The Kier molecular flexibility index (Phi) is 6.17. The SMILES string of the molecule is CN(C)C(=O)C[C@H](NC(=O)OCc1ccccc1)c1cccs1. The van der Waals surface area contributed by atoms with Gasteiger partial charge in [0.25, 0.3) is 0 Å². The smallest absolute Gasteiger partial charge is 0.407 e. The summed E-state index contributed by atoms with van der Waals surface area (Å²) >= 11 is 1.50. The first-order chi connectivity index (χ1) is 11.1. The van der Waals surface area contributed by atoms with Gasteiger partial charge in [-0.15, -0.1) is 11.3 Å². The maximum absolute atomic E-state index is 12.0. The second-order valence-corrected chi connectivity index (χ2v) is 6.25. The molecule has 0 aliphatic heterocycles. The molecule has 2 rings (SSSR count). The molecule has 2 aromatic rings. The largest absolute Gasteiger partial charge is 0.445 e. The van der Waals surface area contributed by atoms with Crippen molar-refractivity contribution in [3.8, 4) is 0 Å². The third-order valence-electron chi connectivity index (χ3n) is 3.27. The van der Waals surface area contributed by atoms with Gasteiger partial charge in [-0.25, -0.2) is 4.79 Å². The van der Waals surface area contributed by atoms with Crippen molar-refractivity contribution in [2.75, 3.05) is 14.1 Å². The van der Waals surface area contributed by atoms with E-state index in [-0.39, 0.29) is 25.0 Å². The maximum Gasteiger partial charge on any atom is 0.407 e. The molecule has 0 fully saturated rings. The Labute approximate surface area is 139 Å². The first kappa shape index (κ1) is 17.0. The van der Waals surface area contributed by atoms with Crippen LogP contribution >= 0.6 is 11.3 Å². The van der Waals surface area contributed by atoms with Crippen LogP contribution in [0.15, 0.2) is 47.8 Å². The quantitative estimate of drug-likeness (QED) is 0.884. The van der Waals surface area contributed by atoms with E-state index >= 15 is 0 Å². The van der Waals surface area contributed by atoms with Crippen LogP contribution in [-0.2, 0) is 16.1 Å². The lowest BCUT2D eigenvalue weighted by Gasteiger charge is -2.19. The summed E-state index contributed by atoms with van der Waals surface area (Å²) in [6.45, 7) is 0.200. The standard InChI is InChI=1S/C17H20N2O3S/c1-19(2)16(20)11-14(15-9-6-10-23-15)18-17(21)22-12-13-7-4-3-5-8-13/h3-10,14H,11-12H2,1-2H3,(H,18,21)/t14-/m0/s1. The summed E-state index contributed by atoms with van der Waals surface area (Å²) in [5.41, 5.74) is 0.916. The lowest BCUT2D eigenvalue weighted by Crippen LogP contribution is -2.33. The van der Waals surface area contributed by atoms with Gasteiger partial charge >= 0.3 is 6.09 Å². The molecule has 0 aliphatic rings. The number of alkyl carbamates (subject to hydrolysis) is 1. The van der Waals surface area contributed by atoms with E-state index in [1.165, 1.54) is 16.2 Å². The number of amides is 2. The number of hydrogen-bond acceptors (Lipinski definition) is 4. The first-order valence-corrected chi connectivity index (χ1v) is 8.15. The molecule has 2 amide bonds. The summed E-state index contributed by atoms with van der Waals surface area (Å²) in [4.78, 5) is 26.4. The van der Waals surface area contributed by atoms with E-state index in [1.807, 2.05) is 47.8 Å². The van der Waals surface area contributed by atoms with Gasteiger partial charge in [-0.3, -0.25) is 4.79 Å². The highest BCUT2D eigenvalue weighted by atomic mass is 32.1. The molecule has 6 heteroatoms. The van der Waals surface area contributed by atoms with Crippen molar-refractivity contribution in [3.05, 3.63) is 58.3 Å². The van der Waals surface area contributed by atoms with Crippen LogP contribution in [0.3, 0.4) is 0 Å². The Hall–Kier alpha value is -2.34. The molecule has 1 heterocycles. The zero-order valence-corrected chi connectivity index (χ0v) is 14.0. The zero-order chi connectivity index (χ0) is 16.7. The predicted molar refractivity (Wildman–Crippen MR) is 90.1 cm³/mol. The van der Waals surface area contributed by atoms with E-state index in [4.69, 9.17) is 4.74 Å². The second-order valence-electron chi connectivity index (χ2n) is 5.27. The molecule has 122 valence electrons. The van der Waals surface area contributed by atoms with Gasteiger partial charge in [0, 0.05) is 19.0 Å². The molecule has 0 saturated carbocycles. The zero-order valence-electron chi connectivity index (χ0n) is 13.2. The van der Waals surface area contributed by atoms with Gasteiger partial charge in [0.1, 0.15) is 6.61 Å². The fourth-order valence-corrected chi connectivity index (χ4v) is 2.75. The molecule has 5 nitrogen and oxygen atoms in total. The number of carbonyl (C=O) groups excluding carboxylic acids is 2. The minimum atomic E-state index is -0.529. The van der Waals surface area contributed by atoms with Crippen LogP contribution in [0, 0.1) is 0 Å². The van der Waals surface area contributed by atoms with Gasteiger partial charge in [-0.2, -0.15) is 0 Å². The Morgan fingerprint density at radius 3 is 2.52 bits per heavy atom. The Morgan fingerprint density at radius 1 is 1.17 bits per heavy atom. The summed E-state index contributed by atoms with van der Waals surface area (Å²) in [6, 6.07) is 12.9. The Balaban J connectivity index is 1.94. The second kappa shape index (κ2) is 8.33. The molecule has 0 bridgehead atoms. The van der Waals surface area contributed by atoms with Crippen molar-refractivity contribution in [1.82, 2.24) is 10.2 Å². The molecular formula is C17H20N2O3S. The molecule has 1 N–H and O–H groups in total. The van der Waals surface area contributed by atoms with Crippen molar-refractivity contribution >= 4 is 23.3 Å². The average Bonchev–Trinajstić information content (AvgIpc) is 3.07. The van der Waals surface area contributed by atoms with E-state index in [0.717, 1.165) is 10.4 Å². The highest BCUT2D eigenvalue weighted by Crippen LogP contribution is 2.22. The molecule has 0 spiro atoms. The molecule has 0 unspecified atom stereocenters. The van der Waals surface area contributed by atoms with E-state index in [2.05, 4.69) is 5.32 Å². The maximum atomic E-state index is 12.0. The summed E-state index contributed by atoms with van der Waals surface area (Å²) in [7, 11) is 3.39. The minimum absolute atomic E-state index is 0.0493. The van der Waals surface area contributed by atoms with E-state index < -0.39 is 6.09 Å². The lowest BCUT2D eigenvalue weighted by atomic mass is 10.1. The van der Waals surface area contributed by atoms with Crippen LogP contribution in [0.2, 0.25) is 0 Å². The summed E-state index contributed by atoms with van der Waals surface area (Å²) in [5.74, 6) is -0.0493. The topological polar surface area (TPSA) is 58.6 Å². The minimum Gasteiger partial charge on any atom is -0.445 e. The molecule has 23 heavy (non-hydrogen) atoms. The van der Waals surface area contributed by atoms with Crippen LogP contribution < -0.4 is 5.32 Å². The number of hydrogen-bond donors (Lipinski definition) is 1. The summed E-state index contributed by atoms with van der Waals surface area (Å²) in [6.07, 6.45) is -0.327. The van der Waals surface area contributed by atoms with E-state index in [0.29, 0.717) is 0 Å². The van der Waals surface area contributed by atoms with Crippen LogP contribution in [0.4, 0.5) is 4.79 Å². The van der Waals surface area contributed by atoms with Crippen LogP contribution in [-0.4, -0.2) is 31.0 Å². The fourth-order valence-electron chi connectivity index (χ4n) is 1.98. The monoisotopic (exact) mass is 332 g/mol. The number of benzene rings is 1. The van der Waals surface area contributed by atoms with Crippen LogP contribution in [0.25, 0.3) is 0 Å². The molecule has 0 saturated heterocycles. The molecule has 0 radical (unpaired) electrons. The van der Waals surface area contributed by atoms with Gasteiger partial charge < -0.3 is 15.0 Å². The molecule has 1 atom stereocenters. The normalized spacial score (nSPS) is 11.6. The highest BCUT2D eigenvalue weighted by Gasteiger charge is 2.21. The molecule has 1 aromatic heterocycles. The number of rotatable bonds is 6. The van der Waals surface area contributed by atoms with Crippen molar-refractivity contribution in [2.45, 2.75) is 19.1 Å². The van der Waals surface area contributed by atoms with Crippen LogP contribution in [0.5, 0.6) is 0 Å². The van der Waals surface area contributed by atoms with Crippen molar-refractivity contribution in [3.63, 3.8) is 0 Å². The average molecular weight is 332 g/mol. The third kappa shape index (κ3) is 5.41. The fraction of sp³-hybridized carbons (Fsp3) is 0.294. The number of thiophene rings is 1. The number of nitrogens with one attached hydrogen (secondary N) is 1. The first-order valence-electron chi connectivity index (χ1n) is 7.27. The van der Waals surface area contributed by atoms with Gasteiger partial charge in [0.2, 0.25) is 5.91 Å². The van der Waals surface area contributed by atoms with E-state index in [1.54, 1.807) is 14.1 Å². The number of carbonyl (C=O) groups is 2. The van der Waals surface area contributed by atoms with Crippen molar-refractivity contribution in [2.24, 2.45) is 0 Å². The highest BCUT2D eigenvalue weighted by molar-refractivity contribution is 7.10. The van der Waals surface area contributed by atoms with E-state index in [9.17, 15) is 9.59 Å². The third-order valence-corrected chi connectivity index (χ3v) is 4.25.